The van der Waals surface area contributed by atoms with Gasteiger partial charge in [-0.05, 0) is 24.3 Å². The normalized spacial score (nSPS) is 14.4. The Kier molecular flexibility index (Phi) is 3.01. The lowest BCUT2D eigenvalue weighted by atomic mass is 10.3. The van der Waals surface area contributed by atoms with Crippen molar-refractivity contribution >= 4 is 0 Å². The topological polar surface area (TPSA) is 0 Å². The van der Waals surface area contributed by atoms with Crippen LogP contribution in [0.2, 0.25) is 0 Å². The maximum Gasteiger partial charge on any atom is 0.0345 e. The summed E-state index contributed by atoms with van der Waals surface area (Å²) in [5.41, 5.74) is 5.93. The predicted octanol–water partition coefficient (Wildman–Crippen LogP) is 2.21. The molecule has 0 saturated carbocycles. The summed E-state index contributed by atoms with van der Waals surface area (Å²) in [5, 5.41) is 0. The third-order valence-corrected chi connectivity index (χ3v) is 1.04. The van der Waals surface area contributed by atoms with E-state index >= 15 is 0 Å². The van der Waals surface area contributed by atoms with Crippen molar-refractivity contribution in [3.63, 3.8) is 0 Å². The minimum absolute atomic E-state index is 0.804. The fourth-order valence-corrected chi connectivity index (χ4v) is 0.597. The Hall–Kier alpha value is -1.40. The molecule has 1 aliphatic carbocycles. The van der Waals surface area contributed by atoms with Gasteiger partial charge in [0.1, 0.15) is 0 Å². The molecule has 0 heterocycles. The summed E-state index contributed by atoms with van der Waals surface area (Å²) in [4.78, 5) is 0. The van der Waals surface area contributed by atoms with Crippen molar-refractivity contribution in [3.05, 3.63) is 35.8 Å². The average molecular weight is 128 g/mol. The maximum absolute atomic E-state index is 2.98. The van der Waals surface area contributed by atoms with E-state index in [1.165, 1.54) is 0 Å². The van der Waals surface area contributed by atoms with Crippen LogP contribution >= 0.6 is 0 Å². The minimum Gasteiger partial charge on any atom is -0.124 e. The molecule has 0 N–H and O–H groups in total. The van der Waals surface area contributed by atoms with E-state index in [1.807, 2.05) is 24.3 Å². The van der Waals surface area contributed by atoms with Gasteiger partial charge in [-0.1, -0.05) is 11.8 Å². The molecule has 0 nitrogen and oxygen atoms in total. The fraction of sp³-hybridized carbons (Fsp3) is 0.200. The Morgan fingerprint density at radius 2 is 1.30 bits per heavy atom. The summed E-state index contributed by atoms with van der Waals surface area (Å²) in [5.74, 6) is 5.96. The fourth-order valence-electron chi connectivity index (χ4n) is 0.597. The molecule has 48 valence electrons. The largest absolute Gasteiger partial charge is 0.124 e. The zero-order valence-corrected chi connectivity index (χ0v) is 5.72. The molecule has 0 unspecified atom stereocenters. The second kappa shape index (κ2) is 4.48. The summed E-state index contributed by atoms with van der Waals surface area (Å²) in [6, 6.07) is 0. The monoisotopic (exact) mass is 128 g/mol. The van der Waals surface area contributed by atoms with E-state index in [0.29, 0.717) is 0 Å². The molecule has 10 heavy (non-hydrogen) atoms. The molecule has 0 spiro atoms. The highest BCUT2D eigenvalue weighted by Gasteiger charge is 1.68. The summed E-state index contributed by atoms with van der Waals surface area (Å²) < 4.78 is 0. The highest BCUT2D eigenvalue weighted by atomic mass is 13.7. The van der Waals surface area contributed by atoms with Crippen LogP contribution in [0.25, 0.3) is 0 Å². The molecule has 0 atom stereocenters. The molecule has 1 rings (SSSR count). The highest BCUT2D eigenvalue weighted by molar-refractivity contribution is 5.12. The van der Waals surface area contributed by atoms with Crippen molar-refractivity contribution in [2.75, 3.05) is 0 Å². The van der Waals surface area contributed by atoms with Crippen LogP contribution < -0.4 is 0 Å². The predicted molar refractivity (Wildman–Crippen MR) is 42.3 cm³/mol. The third kappa shape index (κ3) is 2.80. The quantitative estimate of drug-likeness (QED) is 0.346. The number of rotatable bonds is 0. The second-order valence-electron chi connectivity index (χ2n) is 1.84. The molecule has 1 aliphatic rings. The van der Waals surface area contributed by atoms with E-state index in [4.69, 9.17) is 0 Å². The average Bonchev–Trinajstić information content (AvgIpc) is 2.01. The summed E-state index contributed by atoms with van der Waals surface area (Å²) in [6.07, 6.45) is 9.11. The van der Waals surface area contributed by atoms with Gasteiger partial charge >= 0.3 is 0 Å². The van der Waals surface area contributed by atoms with Crippen molar-refractivity contribution in [1.82, 2.24) is 0 Å². The number of hydrogen-bond acceptors (Lipinski definition) is 0. The van der Waals surface area contributed by atoms with E-state index in [2.05, 4.69) is 23.3 Å². The van der Waals surface area contributed by atoms with Crippen LogP contribution in [-0.2, 0) is 0 Å². The lowest BCUT2D eigenvalue weighted by molar-refractivity contribution is 1.42. The van der Waals surface area contributed by atoms with Crippen LogP contribution in [0.4, 0.5) is 0 Å². The summed E-state index contributed by atoms with van der Waals surface area (Å²) >= 11 is 0. The molecule has 0 fully saturated rings. The standard InChI is InChI=1S/C10H8/c1-2-4-6-8-10-9-7-5-3-1/h1-2,5-6H,7-8H2. The van der Waals surface area contributed by atoms with Gasteiger partial charge in [0.2, 0.25) is 0 Å². The Labute approximate surface area is 61.3 Å². The summed E-state index contributed by atoms with van der Waals surface area (Å²) in [6.45, 7) is 0. The molecular weight excluding hydrogens is 120 g/mol. The molecule has 0 aliphatic heterocycles. The van der Waals surface area contributed by atoms with Crippen molar-refractivity contribution in [1.29, 1.82) is 0 Å². The molecule has 0 bridgehead atoms. The maximum atomic E-state index is 2.98. The van der Waals surface area contributed by atoms with Gasteiger partial charge < -0.3 is 0 Å². The van der Waals surface area contributed by atoms with Crippen LogP contribution in [0, 0.1) is 11.8 Å². The Morgan fingerprint density at radius 1 is 0.800 bits per heavy atom. The Balaban J connectivity index is 2.78. The molecule has 0 aromatic carbocycles. The summed E-state index contributed by atoms with van der Waals surface area (Å²) in [7, 11) is 0. The van der Waals surface area contributed by atoms with Gasteiger partial charge in [0, 0.05) is 12.8 Å². The van der Waals surface area contributed by atoms with Crippen LogP contribution in [0.15, 0.2) is 35.8 Å². The number of hydrogen-bond donors (Lipinski definition) is 0. The van der Waals surface area contributed by atoms with Crippen molar-refractivity contribution < 1.29 is 0 Å². The zero-order chi connectivity index (χ0) is 7.07. The first-order valence-electron chi connectivity index (χ1n) is 3.26. The molecule has 0 radical (unpaired) electrons. The second-order valence-corrected chi connectivity index (χ2v) is 1.84. The molecule has 0 aromatic rings. The first-order chi connectivity index (χ1) is 5.00. The van der Waals surface area contributed by atoms with Gasteiger partial charge in [-0.2, -0.15) is 0 Å². The first-order valence-corrected chi connectivity index (χ1v) is 3.26. The van der Waals surface area contributed by atoms with Crippen molar-refractivity contribution in [2.45, 2.75) is 12.8 Å². The minimum atomic E-state index is 0.804. The molecule has 0 saturated heterocycles. The van der Waals surface area contributed by atoms with Gasteiger partial charge in [0.25, 0.3) is 0 Å². The van der Waals surface area contributed by atoms with Crippen LogP contribution in [-0.4, -0.2) is 0 Å². The van der Waals surface area contributed by atoms with Gasteiger partial charge in [0.15, 0.2) is 0 Å². The smallest absolute Gasteiger partial charge is 0.0345 e. The van der Waals surface area contributed by atoms with E-state index in [1.54, 1.807) is 0 Å². The molecule has 0 amide bonds. The van der Waals surface area contributed by atoms with Crippen molar-refractivity contribution in [3.8, 4) is 11.8 Å². The zero-order valence-electron chi connectivity index (χ0n) is 5.72. The molecular formula is C10H8. The Morgan fingerprint density at radius 3 is 1.80 bits per heavy atom. The van der Waals surface area contributed by atoms with Gasteiger partial charge in [-0.15, -0.1) is 11.5 Å². The van der Waals surface area contributed by atoms with E-state index in [0.717, 1.165) is 12.8 Å². The number of allylic oxidation sites excluding steroid dienone is 2. The van der Waals surface area contributed by atoms with Gasteiger partial charge in [-0.3, -0.25) is 0 Å². The third-order valence-electron chi connectivity index (χ3n) is 1.04. The Bertz CT molecular complexity index is 241. The van der Waals surface area contributed by atoms with Gasteiger partial charge in [-0.25, -0.2) is 0 Å². The molecule has 0 aromatic heterocycles. The first kappa shape index (κ1) is 6.72. The lowest BCUT2D eigenvalue weighted by Gasteiger charge is -1.74. The molecule has 0 heteroatoms. The lowest BCUT2D eigenvalue weighted by Crippen LogP contribution is -1.60. The van der Waals surface area contributed by atoms with E-state index in [-0.39, 0.29) is 0 Å². The van der Waals surface area contributed by atoms with Crippen molar-refractivity contribution in [2.24, 2.45) is 0 Å². The van der Waals surface area contributed by atoms with E-state index < -0.39 is 0 Å². The van der Waals surface area contributed by atoms with Crippen LogP contribution in [0.1, 0.15) is 12.8 Å². The van der Waals surface area contributed by atoms with Crippen LogP contribution in [0.3, 0.4) is 0 Å². The SMILES string of the molecule is C1=CC=C=CCC#CCC=1. The van der Waals surface area contributed by atoms with E-state index in [9.17, 15) is 0 Å². The van der Waals surface area contributed by atoms with Gasteiger partial charge in [0.05, 0.1) is 0 Å². The highest BCUT2D eigenvalue weighted by Crippen LogP contribution is 1.83. The van der Waals surface area contributed by atoms with Crippen LogP contribution in [0.5, 0.6) is 0 Å².